The lowest BCUT2D eigenvalue weighted by molar-refractivity contribution is -0.0665. The van der Waals surface area contributed by atoms with E-state index in [0.717, 1.165) is 64.9 Å². The van der Waals surface area contributed by atoms with Crippen molar-refractivity contribution >= 4 is 11.6 Å². The van der Waals surface area contributed by atoms with Crippen LogP contribution in [-0.4, -0.2) is 74.5 Å². The Kier molecular flexibility index (Phi) is 5.32. The highest BCUT2D eigenvalue weighted by atomic mass is 35.5. The van der Waals surface area contributed by atoms with Crippen LogP contribution in [0, 0.1) is 0 Å². The molecule has 2 heterocycles. The van der Waals surface area contributed by atoms with Crippen molar-refractivity contribution in [2.24, 2.45) is 0 Å². The lowest BCUT2D eigenvalue weighted by Gasteiger charge is -2.42. The van der Waals surface area contributed by atoms with Crippen LogP contribution in [0.1, 0.15) is 6.42 Å². The summed E-state index contributed by atoms with van der Waals surface area (Å²) >= 11 is 5.92. The van der Waals surface area contributed by atoms with E-state index in [1.54, 1.807) is 0 Å². The molecule has 0 N–H and O–H groups in total. The van der Waals surface area contributed by atoms with Gasteiger partial charge < -0.3 is 9.47 Å². The summed E-state index contributed by atoms with van der Waals surface area (Å²) in [4.78, 5) is 4.99. The van der Waals surface area contributed by atoms with Crippen LogP contribution in [0.2, 0.25) is 0 Å². The Bertz CT molecular complexity index is 176. The van der Waals surface area contributed by atoms with E-state index >= 15 is 0 Å². The smallest absolute Gasteiger partial charge is 0.0637 e. The first-order valence-electron chi connectivity index (χ1n) is 6.11. The summed E-state index contributed by atoms with van der Waals surface area (Å²) in [7, 11) is 0. The fraction of sp³-hybridized carbons (Fsp3) is 1.00. The SMILES string of the molecule is ClCCC(N1CCOCC1)N1CCOCC1. The number of hydrogen-bond acceptors (Lipinski definition) is 4. The van der Waals surface area contributed by atoms with Crippen molar-refractivity contribution in [2.75, 3.05) is 58.5 Å². The maximum atomic E-state index is 5.92. The van der Waals surface area contributed by atoms with E-state index in [4.69, 9.17) is 21.1 Å². The van der Waals surface area contributed by atoms with Gasteiger partial charge in [0.15, 0.2) is 0 Å². The first-order chi connectivity index (χ1) is 7.92. The number of alkyl halides is 1. The zero-order chi connectivity index (χ0) is 11.2. The lowest BCUT2D eigenvalue weighted by atomic mass is 10.2. The maximum absolute atomic E-state index is 5.92. The third-order valence-electron chi connectivity index (χ3n) is 3.30. The first kappa shape index (κ1) is 12.6. The Balaban J connectivity index is 1.91. The van der Waals surface area contributed by atoms with Crippen LogP contribution < -0.4 is 0 Å². The molecule has 0 saturated carbocycles. The second-order valence-corrected chi connectivity index (χ2v) is 4.63. The topological polar surface area (TPSA) is 24.9 Å². The fourth-order valence-corrected chi connectivity index (χ4v) is 2.64. The zero-order valence-corrected chi connectivity index (χ0v) is 10.5. The van der Waals surface area contributed by atoms with E-state index in [1.165, 1.54) is 0 Å². The summed E-state index contributed by atoms with van der Waals surface area (Å²) in [5.41, 5.74) is 0. The van der Waals surface area contributed by atoms with Gasteiger partial charge in [0.1, 0.15) is 0 Å². The van der Waals surface area contributed by atoms with Gasteiger partial charge in [-0.3, -0.25) is 9.80 Å². The van der Waals surface area contributed by atoms with Crippen LogP contribution in [0.25, 0.3) is 0 Å². The average molecular weight is 249 g/mol. The Morgan fingerprint density at radius 2 is 1.31 bits per heavy atom. The van der Waals surface area contributed by atoms with Gasteiger partial charge in [-0.15, -0.1) is 11.6 Å². The number of ether oxygens (including phenoxy) is 2. The predicted octanol–water partition coefficient (Wildman–Crippen LogP) is 0.606. The van der Waals surface area contributed by atoms with Crippen molar-refractivity contribution in [3.05, 3.63) is 0 Å². The molecule has 2 saturated heterocycles. The van der Waals surface area contributed by atoms with Gasteiger partial charge in [0.25, 0.3) is 0 Å². The summed E-state index contributed by atoms with van der Waals surface area (Å²) in [6, 6.07) is 0. The number of nitrogens with zero attached hydrogens (tertiary/aromatic N) is 2. The van der Waals surface area contributed by atoms with Gasteiger partial charge in [-0.1, -0.05) is 0 Å². The van der Waals surface area contributed by atoms with E-state index in [-0.39, 0.29) is 0 Å². The molecule has 0 aromatic heterocycles. The summed E-state index contributed by atoms with van der Waals surface area (Å²) in [6.07, 6.45) is 1.51. The van der Waals surface area contributed by atoms with Crippen LogP contribution in [0.5, 0.6) is 0 Å². The molecule has 4 nitrogen and oxygen atoms in total. The van der Waals surface area contributed by atoms with Gasteiger partial charge >= 0.3 is 0 Å². The van der Waals surface area contributed by atoms with Crippen LogP contribution in [0.4, 0.5) is 0 Å². The van der Waals surface area contributed by atoms with Gasteiger partial charge in [-0.05, 0) is 6.42 Å². The van der Waals surface area contributed by atoms with Gasteiger partial charge in [-0.25, -0.2) is 0 Å². The second-order valence-electron chi connectivity index (χ2n) is 4.25. The normalized spacial score (nSPS) is 25.1. The molecule has 0 radical (unpaired) electrons. The monoisotopic (exact) mass is 248 g/mol. The first-order valence-corrected chi connectivity index (χ1v) is 6.65. The van der Waals surface area contributed by atoms with Gasteiger partial charge in [0.05, 0.1) is 32.6 Å². The molecule has 0 spiro atoms. The lowest BCUT2D eigenvalue weighted by Crippen LogP contribution is -2.55. The predicted molar refractivity (Wildman–Crippen MR) is 63.9 cm³/mol. The fourth-order valence-electron chi connectivity index (χ4n) is 2.44. The maximum Gasteiger partial charge on any atom is 0.0637 e. The zero-order valence-electron chi connectivity index (χ0n) is 9.74. The summed E-state index contributed by atoms with van der Waals surface area (Å²) in [6.45, 7) is 7.51. The molecule has 0 atom stereocenters. The Hall–Kier alpha value is 0.130. The van der Waals surface area contributed by atoms with Crippen molar-refractivity contribution in [3.63, 3.8) is 0 Å². The van der Waals surface area contributed by atoms with E-state index in [9.17, 15) is 0 Å². The molecule has 5 heteroatoms. The third-order valence-corrected chi connectivity index (χ3v) is 3.52. The van der Waals surface area contributed by atoms with E-state index in [0.29, 0.717) is 6.17 Å². The Morgan fingerprint density at radius 3 is 1.69 bits per heavy atom. The summed E-state index contributed by atoms with van der Waals surface area (Å²) < 4.78 is 10.8. The van der Waals surface area contributed by atoms with Gasteiger partial charge in [0, 0.05) is 32.1 Å². The molecular weight excluding hydrogens is 228 g/mol. The van der Waals surface area contributed by atoms with Crippen LogP contribution in [0.3, 0.4) is 0 Å². The summed E-state index contributed by atoms with van der Waals surface area (Å²) in [5.74, 6) is 0.722. The van der Waals surface area contributed by atoms with E-state index < -0.39 is 0 Å². The number of rotatable bonds is 4. The van der Waals surface area contributed by atoms with Crippen LogP contribution in [-0.2, 0) is 9.47 Å². The van der Waals surface area contributed by atoms with Crippen molar-refractivity contribution in [1.29, 1.82) is 0 Å². The third kappa shape index (κ3) is 3.31. The highest BCUT2D eigenvalue weighted by Gasteiger charge is 2.27. The van der Waals surface area contributed by atoms with Crippen LogP contribution >= 0.6 is 11.6 Å². The van der Waals surface area contributed by atoms with Crippen LogP contribution in [0.15, 0.2) is 0 Å². The molecule has 0 bridgehead atoms. The summed E-state index contributed by atoms with van der Waals surface area (Å²) in [5, 5.41) is 0. The molecule has 0 aromatic rings. The molecule has 2 rings (SSSR count). The molecule has 16 heavy (non-hydrogen) atoms. The quantitative estimate of drug-likeness (QED) is 0.681. The largest absolute Gasteiger partial charge is 0.379 e. The number of halogens is 1. The Morgan fingerprint density at radius 1 is 0.875 bits per heavy atom. The highest BCUT2D eigenvalue weighted by Crippen LogP contribution is 2.15. The number of morpholine rings is 2. The van der Waals surface area contributed by atoms with Crippen molar-refractivity contribution in [1.82, 2.24) is 9.80 Å². The standard InChI is InChI=1S/C11H21ClN2O2/c12-2-1-11(13-3-7-15-8-4-13)14-5-9-16-10-6-14/h11H,1-10H2. The molecule has 0 unspecified atom stereocenters. The average Bonchev–Trinajstić information content (AvgIpc) is 2.38. The Labute approximate surface area is 102 Å². The molecule has 2 aliphatic rings. The molecule has 2 fully saturated rings. The van der Waals surface area contributed by atoms with Crippen molar-refractivity contribution < 1.29 is 9.47 Å². The van der Waals surface area contributed by atoms with Crippen molar-refractivity contribution in [2.45, 2.75) is 12.6 Å². The molecule has 0 aromatic carbocycles. The van der Waals surface area contributed by atoms with Gasteiger partial charge in [0.2, 0.25) is 0 Å². The molecule has 94 valence electrons. The van der Waals surface area contributed by atoms with E-state index in [1.807, 2.05) is 0 Å². The molecule has 0 aliphatic carbocycles. The van der Waals surface area contributed by atoms with Gasteiger partial charge in [-0.2, -0.15) is 0 Å². The molecule has 0 amide bonds. The van der Waals surface area contributed by atoms with Crippen molar-refractivity contribution in [3.8, 4) is 0 Å². The second kappa shape index (κ2) is 6.77. The molecular formula is C11H21ClN2O2. The minimum Gasteiger partial charge on any atom is -0.379 e. The van der Waals surface area contributed by atoms with E-state index in [2.05, 4.69) is 9.80 Å². The minimum atomic E-state index is 0.477. The number of hydrogen-bond donors (Lipinski definition) is 0. The molecule has 2 aliphatic heterocycles. The highest BCUT2D eigenvalue weighted by molar-refractivity contribution is 6.17. The minimum absolute atomic E-state index is 0.477.